The van der Waals surface area contributed by atoms with E-state index in [4.69, 9.17) is 15.2 Å². The van der Waals surface area contributed by atoms with E-state index in [-0.39, 0.29) is 42.1 Å². The standard InChI is InChI=1S/C36H41FN2O6/c1-19-7-8-20(17-39-23-6-4-5-22(38)14-23)32(37)30(19)33-44-29-15-26-25-10-9-21-13-24(41)11-12-34(21,2)31(25)27(42)16-35(26,3)36(29,45-33)28(43)18-40/h4-8,11-14,25-27,29,31,33,39-40,42H,9-10,15-18,38H2,1-3H3/t25-,26-,27-,29+,31+,33+,34-,35-,36+/m0/s1. The number of hydrogen-bond acceptors (Lipinski definition) is 8. The van der Waals surface area contributed by atoms with Crippen LogP contribution in [0.2, 0.25) is 0 Å². The molecule has 1 heterocycles. The molecule has 4 fully saturated rings. The van der Waals surface area contributed by atoms with E-state index in [9.17, 15) is 19.8 Å². The molecule has 5 aliphatic rings. The van der Waals surface area contributed by atoms with Crippen LogP contribution in [0.3, 0.4) is 0 Å². The number of nitrogen functional groups attached to an aromatic ring is 1. The van der Waals surface area contributed by atoms with E-state index in [1.165, 1.54) is 0 Å². The fraction of sp³-hybridized carbons (Fsp3) is 0.500. The number of nitrogens with two attached hydrogens (primary N) is 1. The van der Waals surface area contributed by atoms with Gasteiger partial charge in [-0.2, -0.15) is 0 Å². The first kappa shape index (κ1) is 30.3. The second kappa shape index (κ2) is 10.6. The lowest BCUT2D eigenvalue weighted by atomic mass is 9.46. The lowest BCUT2D eigenvalue weighted by Gasteiger charge is -2.59. The van der Waals surface area contributed by atoms with Crippen LogP contribution in [0.4, 0.5) is 15.8 Å². The topological polar surface area (TPSA) is 131 Å². The molecule has 3 saturated carbocycles. The van der Waals surface area contributed by atoms with Crippen LogP contribution in [-0.4, -0.2) is 46.2 Å². The number of ketones is 2. The largest absolute Gasteiger partial charge is 0.399 e. The summed E-state index contributed by atoms with van der Waals surface area (Å²) in [5.74, 6) is -1.16. The van der Waals surface area contributed by atoms with Crippen molar-refractivity contribution in [2.45, 2.75) is 77.1 Å². The highest BCUT2D eigenvalue weighted by atomic mass is 19.1. The Morgan fingerprint density at radius 3 is 2.78 bits per heavy atom. The van der Waals surface area contributed by atoms with Crippen molar-refractivity contribution in [1.29, 1.82) is 0 Å². The number of rotatable bonds is 6. The highest BCUT2D eigenvalue weighted by molar-refractivity contribution is 6.01. The van der Waals surface area contributed by atoms with Gasteiger partial charge in [-0.3, -0.25) is 9.59 Å². The molecule has 0 bridgehead atoms. The molecular formula is C36H41FN2O6. The second-order valence-corrected chi connectivity index (χ2v) is 14.1. The van der Waals surface area contributed by atoms with Crippen molar-refractivity contribution < 1.29 is 33.7 Å². The third-order valence-electron chi connectivity index (χ3n) is 11.9. The van der Waals surface area contributed by atoms with E-state index in [2.05, 4.69) is 12.2 Å². The Balaban J connectivity index is 1.21. The number of anilines is 2. The molecule has 7 rings (SSSR count). The van der Waals surface area contributed by atoms with E-state index >= 15 is 4.39 Å². The summed E-state index contributed by atoms with van der Waals surface area (Å²) in [4.78, 5) is 26.1. The van der Waals surface area contributed by atoms with Gasteiger partial charge in [-0.25, -0.2) is 4.39 Å². The van der Waals surface area contributed by atoms with Gasteiger partial charge in [0.05, 0.1) is 12.2 Å². The molecule has 45 heavy (non-hydrogen) atoms. The molecule has 0 aromatic heterocycles. The van der Waals surface area contributed by atoms with E-state index in [1.807, 2.05) is 31.2 Å². The van der Waals surface area contributed by atoms with Gasteiger partial charge in [-0.05, 0) is 80.4 Å². The molecule has 0 radical (unpaired) electrons. The average molecular weight is 617 g/mol. The molecule has 4 aliphatic carbocycles. The number of benzene rings is 2. The molecule has 2 aromatic rings. The van der Waals surface area contributed by atoms with Crippen LogP contribution in [0.25, 0.3) is 0 Å². The van der Waals surface area contributed by atoms with Crippen molar-refractivity contribution in [3.63, 3.8) is 0 Å². The molecule has 238 valence electrons. The van der Waals surface area contributed by atoms with Crippen molar-refractivity contribution in [2.75, 3.05) is 17.7 Å². The maximum absolute atomic E-state index is 16.3. The Bertz CT molecular complexity index is 1640. The molecule has 9 heteroatoms. The zero-order valence-electron chi connectivity index (χ0n) is 25.9. The Morgan fingerprint density at radius 2 is 2.02 bits per heavy atom. The summed E-state index contributed by atoms with van der Waals surface area (Å²) >= 11 is 0. The number of halogens is 1. The second-order valence-electron chi connectivity index (χ2n) is 14.1. The van der Waals surface area contributed by atoms with Crippen LogP contribution in [0.5, 0.6) is 0 Å². The third-order valence-corrected chi connectivity index (χ3v) is 11.9. The number of hydrogen-bond donors (Lipinski definition) is 4. The average Bonchev–Trinajstić information content (AvgIpc) is 3.49. The molecule has 1 aliphatic heterocycles. The zero-order valence-corrected chi connectivity index (χ0v) is 25.9. The van der Waals surface area contributed by atoms with Crippen molar-refractivity contribution in [3.8, 4) is 0 Å². The van der Waals surface area contributed by atoms with E-state index < -0.39 is 53.1 Å². The molecule has 0 spiro atoms. The van der Waals surface area contributed by atoms with Gasteiger partial charge in [0.15, 0.2) is 23.5 Å². The Kier molecular flexibility index (Phi) is 7.13. The van der Waals surface area contributed by atoms with Crippen molar-refractivity contribution in [2.24, 2.45) is 28.6 Å². The first-order valence-electron chi connectivity index (χ1n) is 15.9. The summed E-state index contributed by atoms with van der Waals surface area (Å²) in [5, 5.41) is 25.4. The van der Waals surface area contributed by atoms with Gasteiger partial charge in [0, 0.05) is 45.8 Å². The summed E-state index contributed by atoms with van der Waals surface area (Å²) in [5.41, 5.74) is 6.67. The number of allylic oxidation sites excluding steroid dienone is 4. The molecule has 0 unspecified atom stereocenters. The van der Waals surface area contributed by atoms with Crippen molar-refractivity contribution >= 4 is 22.9 Å². The first-order chi connectivity index (χ1) is 21.4. The van der Waals surface area contributed by atoms with Crippen LogP contribution in [0, 0.1) is 41.3 Å². The number of Topliss-reactive ketones (excluding diaryl/α,β-unsaturated/α-hetero) is 1. The smallest absolute Gasteiger partial charge is 0.193 e. The maximum Gasteiger partial charge on any atom is 0.193 e. The van der Waals surface area contributed by atoms with E-state index in [0.717, 1.165) is 24.1 Å². The monoisotopic (exact) mass is 616 g/mol. The van der Waals surface area contributed by atoms with Gasteiger partial charge >= 0.3 is 0 Å². The fourth-order valence-corrected chi connectivity index (χ4v) is 9.82. The van der Waals surface area contributed by atoms with Crippen LogP contribution >= 0.6 is 0 Å². The normalized spacial score (nSPS) is 38.2. The summed E-state index contributed by atoms with van der Waals surface area (Å²) in [6, 6.07) is 10.7. The van der Waals surface area contributed by atoms with Crippen molar-refractivity contribution in [3.05, 3.63) is 82.7 Å². The molecule has 5 N–H and O–H groups in total. The molecule has 1 saturated heterocycles. The summed E-state index contributed by atoms with van der Waals surface area (Å²) in [6.07, 6.45) is 4.83. The Hall–Kier alpha value is -3.37. The van der Waals surface area contributed by atoms with Crippen molar-refractivity contribution in [1.82, 2.24) is 0 Å². The Morgan fingerprint density at radius 1 is 1.22 bits per heavy atom. The number of carbonyl (C=O) groups excluding carboxylic acids is 2. The Labute approximate surface area is 262 Å². The fourth-order valence-electron chi connectivity index (χ4n) is 9.82. The number of aliphatic hydroxyl groups excluding tert-OH is 2. The first-order valence-corrected chi connectivity index (χ1v) is 15.9. The molecule has 8 nitrogen and oxygen atoms in total. The highest BCUT2D eigenvalue weighted by Gasteiger charge is 2.76. The third kappa shape index (κ3) is 4.31. The zero-order chi connectivity index (χ0) is 31.9. The summed E-state index contributed by atoms with van der Waals surface area (Å²) in [7, 11) is 0. The number of fused-ring (bicyclic) bond motifs is 7. The minimum absolute atomic E-state index is 0.0288. The molecular weight excluding hydrogens is 575 g/mol. The van der Waals surface area contributed by atoms with Gasteiger partial charge in [0.25, 0.3) is 0 Å². The molecule has 2 aromatic carbocycles. The molecule has 9 atom stereocenters. The SMILES string of the molecule is Cc1ccc(CNc2cccc(N)c2)c(F)c1[C@@H]1O[C@@H]2C[C@H]3[C@@H]4CCC5=CC(=O)C=C[C@]5(C)[C@H]4[C@@H](O)C[C@]3(C)[C@]2(C(=O)CO)O1. The van der Waals surface area contributed by atoms with Crippen LogP contribution in [-0.2, 0) is 25.6 Å². The van der Waals surface area contributed by atoms with Crippen LogP contribution < -0.4 is 11.1 Å². The van der Waals surface area contributed by atoms with Gasteiger partial charge in [-0.15, -0.1) is 0 Å². The lowest BCUT2D eigenvalue weighted by molar-refractivity contribution is -0.201. The number of nitrogens with one attached hydrogen (secondary N) is 1. The predicted molar refractivity (Wildman–Crippen MR) is 166 cm³/mol. The minimum Gasteiger partial charge on any atom is -0.399 e. The van der Waals surface area contributed by atoms with Crippen LogP contribution in [0.1, 0.15) is 62.5 Å². The van der Waals surface area contributed by atoms with Gasteiger partial charge in [0.1, 0.15) is 12.4 Å². The summed E-state index contributed by atoms with van der Waals surface area (Å²) < 4.78 is 29.4. The van der Waals surface area contributed by atoms with Gasteiger partial charge < -0.3 is 30.7 Å². The lowest BCUT2D eigenvalue weighted by Crippen LogP contribution is -2.63. The maximum atomic E-state index is 16.3. The highest BCUT2D eigenvalue weighted by Crippen LogP contribution is 2.70. The molecule has 0 amide bonds. The number of aryl methyl sites for hydroxylation is 1. The number of aliphatic hydroxyl groups is 2. The van der Waals surface area contributed by atoms with Gasteiger partial charge in [-0.1, -0.05) is 43.7 Å². The van der Waals surface area contributed by atoms with Gasteiger partial charge in [0.2, 0.25) is 0 Å². The number of ether oxygens (including phenoxy) is 2. The minimum atomic E-state index is -1.55. The van der Waals surface area contributed by atoms with E-state index in [1.54, 1.807) is 37.3 Å². The van der Waals surface area contributed by atoms with E-state index in [0.29, 0.717) is 23.2 Å². The summed E-state index contributed by atoms with van der Waals surface area (Å²) in [6.45, 7) is 5.30. The number of carbonyl (C=O) groups is 2. The van der Waals surface area contributed by atoms with Crippen LogP contribution in [0.15, 0.2) is 60.2 Å². The predicted octanol–water partition coefficient (Wildman–Crippen LogP) is 4.93. The quantitative estimate of drug-likeness (QED) is 0.336.